The number of hydrogen-bond acceptors (Lipinski definition) is 4. The first kappa shape index (κ1) is 14.5. The van der Waals surface area contributed by atoms with Crippen molar-refractivity contribution >= 4 is 5.97 Å². The van der Waals surface area contributed by atoms with Crippen LogP contribution in [0.25, 0.3) is 0 Å². The van der Waals surface area contributed by atoms with Gasteiger partial charge in [0.1, 0.15) is 0 Å². The van der Waals surface area contributed by atoms with Gasteiger partial charge in [-0.25, -0.2) is 0 Å². The monoisotopic (exact) mass is 244 g/mol. The third-order valence-corrected chi connectivity index (χ3v) is 3.36. The molecule has 0 bridgehead atoms. The highest BCUT2D eigenvalue weighted by Crippen LogP contribution is 2.42. The maximum Gasteiger partial charge on any atom is 0.311 e. The molecule has 0 heterocycles. The van der Waals surface area contributed by atoms with Crippen LogP contribution in [0.1, 0.15) is 46.5 Å². The molecule has 0 aromatic carbocycles. The second-order valence-electron chi connectivity index (χ2n) is 4.68. The van der Waals surface area contributed by atoms with E-state index in [1.807, 2.05) is 13.8 Å². The smallest absolute Gasteiger partial charge is 0.311 e. The van der Waals surface area contributed by atoms with Gasteiger partial charge in [0, 0.05) is 19.4 Å². The molecule has 0 aromatic rings. The second-order valence-corrected chi connectivity index (χ2v) is 4.68. The Morgan fingerprint density at radius 2 is 2.00 bits per heavy atom. The molecule has 0 radical (unpaired) electrons. The minimum absolute atomic E-state index is 0.0961. The molecule has 0 spiro atoms. The van der Waals surface area contributed by atoms with E-state index in [0.29, 0.717) is 32.5 Å². The van der Waals surface area contributed by atoms with Gasteiger partial charge in [0.15, 0.2) is 0 Å². The number of hydrogen-bond donors (Lipinski definition) is 1. The van der Waals surface area contributed by atoms with Gasteiger partial charge in [-0.05, 0) is 20.3 Å². The van der Waals surface area contributed by atoms with Crippen molar-refractivity contribution in [2.75, 3.05) is 13.2 Å². The molecule has 4 heteroatoms. The molecule has 100 valence electrons. The Morgan fingerprint density at radius 3 is 2.47 bits per heavy atom. The molecule has 1 fully saturated rings. The fourth-order valence-corrected chi connectivity index (χ4v) is 2.50. The van der Waals surface area contributed by atoms with Crippen molar-refractivity contribution in [3.05, 3.63) is 0 Å². The lowest BCUT2D eigenvalue weighted by atomic mass is 9.67. The Kier molecular flexibility index (Phi) is 5.40. The van der Waals surface area contributed by atoms with Crippen LogP contribution in [-0.2, 0) is 14.3 Å². The molecule has 1 aliphatic rings. The zero-order valence-electron chi connectivity index (χ0n) is 11.1. The molecule has 4 nitrogen and oxygen atoms in total. The topological polar surface area (TPSA) is 55.8 Å². The molecule has 1 saturated carbocycles. The van der Waals surface area contributed by atoms with Crippen LogP contribution in [0.15, 0.2) is 0 Å². The van der Waals surface area contributed by atoms with Crippen molar-refractivity contribution in [1.82, 2.24) is 0 Å². The predicted octanol–water partition coefficient (Wildman–Crippen LogP) is 1.90. The summed E-state index contributed by atoms with van der Waals surface area (Å²) in [6.45, 7) is 6.75. The fourth-order valence-electron chi connectivity index (χ4n) is 2.50. The third-order valence-electron chi connectivity index (χ3n) is 3.36. The Bertz CT molecular complexity index is 246. The average molecular weight is 244 g/mol. The Morgan fingerprint density at radius 1 is 1.35 bits per heavy atom. The lowest BCUT2D eigenvalue weighted by molar-refractivity contribution is -0.189. The molecule has 1 unspecified atom stereocenters. The van der Waals surface area contributed by atoms with E-state index in [1.165, 1.54) is 0 Å². The second kappa shape index (κ2) is 6.36. The van der Waals surface area contributed by atoms with E-state index in [4.69, 9.17) is 9.47 Å². The first-order chi connectivity index (χ1) is 8.07. The number of ether oxygens (including phenoxy) is 2. The highest BCUT2D eigenvalue weighted by atomic mass is 16.5. The summed E-state index contributed by atoms with van der Waals surface area (Å²) in [5, 5.41) is 10.4. The van der Waals surface area contributed by atoms with Gasteiger partial charge in [0.05, 0.1) is 24.2 Å². The summed E-state index contributed by atoms with van der Waals surface area (Å²) >= 11 is 0. The van der Waals surface area contributed by atoms with E-state index < -0.39 is 11.5 Å². The average Bonchev–Trinajstić information content (AvgIpc) is 2.24. The van der Waals surface area contributed by atoms with Gasteiger partial charge < -0.3 is 14.6 Å². The summed E-state index contributed by atoms with van der Waals surface area (Å²) in [4.78, 5) is 11.8. The molecule has 0 amide bonds. The van der Waals surface area contributed by atoms with Gasteiger partial charge in [0.2, 0.25) is 0 Å². The zero-order chi connectivity index (χ0) is 12.9. The molecule has 17 heavy (non-hydrogen) atoms. The van der Waals surface area contributed by atoms with Crippen LogP contribution >= 0.6 is 0 Å². The van der Waals surface area contributed by atoms with Gasteiger partial charge in [-0.3, -0.25) is 4.79 Å². The van der Waals surface area contributed by atoms with Gasteiger partial charge in [-0.1, -0.05) is 13.3 Å². The molecule has 1 rings (SSSR count). The van der Waals surface area contributed by atoms with Crippen LogP contribution in [-0.4, -0.2) is 36.0 Å². The van der Waals surface area contributed by atoms with Crippen LogP contribution in [0.5, 0.6) is 0 Å². The lowest BCUT2D eigenvalue weighted by Gasteiger charge is -2.47. The fraction of sp³-hybridized carbons (Fsp3) is 0.923. The minimum atomic E-state index is -0.915. The lowest BCUT2D eigenvalue weighted by Crippen LogP contribution is -2.56. The third kappa shape index (κ3) is 3.42. The van der Waals surface area contributed by atoms with Crippen molar-refractivity contribution in [2.24, 2.45) is 5.92 Å². The molecular weight excluding hydrogens is 220 g/mol. The standard InChI is InChI=1S/C13H24O4/c1-4-7-11(12(14)17-6-3)13(15)8-10(9-13)16-5-2/h10-11,15H,4-9H2,1-3H3. The van der Waals surface area contributed by atoms with Crippen molar-refractivity contribution < 1.29 is 19.4 Å². The maximum absolute atomic E-state index is 11.8. The Hall–Kier alpha value is -0.610. The van der Waals surface area contributed by atoms with Crippen LogP contribution in [0.2, 0.25) is 0 Å². The van der Waals surface area contributed by atoms with Gasteiger partial charge >= 0.3 is 5.97 Å². The molecule has 1 atom stereocenters. The molecular formula is C13H24O4. The van der Waals surface area contributed by atoms with E-state index in [9.17, 15) is 9.90 Å². The van der Waals surface area contributed by atoms with E-state index in [-0.39, 0.29) is 12.1 Å². The summed E-state index contributed by atoms with van der Waals surface area (Å²) in [7, 11) is 0. The molecule has 0 aliphatic heterocycles. The van der Waals surface area contributed by atoms with E-state index in [2.05, 4.69) is 0 Å². The molecule has 0 aromatic heterocycles. The number of carbonyl (C=O) groups is 1. The van der Waals surface area contributed by atoms with Crippen LogP contribution in [0, 0.1) is 5.92 Å². The SMILES string of the molecule is CCCC(C(=O)OCC)C1(O)CC(OCC)C1. The summed E-state index contributed by atoms with van der Waals surface area (Å²) < 4.78 is 10.5. The first-order valence-corrected chi connectivity index (χ1v) is 6.58. The molecule has 1 aliphatic carbocycles. The Labute approximate surface area is 103 Å². The summed E-state index contributed by atoms with van der Waals surface area (Å²) in [5.41, 5.74) is -0.915. The van der Waals surface area contributed by atoms with Crippen LogP contribution < -0.4 is 0 Å². The van der Waals surface area contributed by atoms with Gasteiger partial charge in [-0.2, -0.15) is 0 Å². The van der Waals surface area contributed by atoms with Crippen molar-refractivity contribution in [2.45, 2.75) is 58.2 Å². The molecule has 1 N–H and O–H groups in total. The summed E-state index contributed by atoms with van der Waals surface area (Å²) in [6.07, 6.45) is 2.73. The van der Waals surface area contributed by atoms with Gasteiger partial charge in [-0.15, -0.1) is 0 Å². The first-order valence-electron chi connectivity index (χ1n) is 6.58. The number of rotatable bonds is 7. The van der Waals surface area contributed by atoms with E-state index in [0.717, 1.165) is 6.42 Å². The highest BCUT2D eigenvalue weighted by Gasteiger charge is 2.51. The predicted molar refractivity (Wildman–Crippen MR) is 64.6 cm³/mol. The maximum atomic E-state index is 11.8. The van der Waals surface area contributed by atoms with Crippen molar-refractivity contribution in [3.63, 3.8) is 0 Å². The van der Waals surface area contributed by atoms with Crippen LogP contribution in [0.4, 0.5) is 0 Å². The van der Waals surface area contributed by atoms with Gasteiger partial charge in [0.25, 0.3) is 0 Å². The summed E-state index contributed by atoms with van der Waals surface area (Å²) in [5.74, 6) is -0.670. The minimum Gasteiger partial charge on any atom is -0.466 e. The van der Waals surface area contributed by atoms with E-state index >= 15 is 0 Å². The number of carbonyl (C=O) groups excluding carboxylic acids is 1. The van der Waals surface area contributed by atoms with E-state index in [1.54, 1.807) is 6.92 Å². The number of aliphatic hydroxyl groups is 1. The molecule has 0 saturated heterocycles. The van der Waals surface area contributed by atoms with Crippen molar-refractivity contribution in [3.8, 4) is 0 Å². The number of esters is 1. The quantitative estimate of drug-likeness (QED) is 0.695. The highest BCUT2D eigenvalue weighted by molar-refractivity contribution is 5.74. The van der Waals surface area contributed by atoms with Crippen molar-refractivity contribution in [1.29, 1.82) is 0 Å². The largest absolute Gasteiger partial charge is 0.466 e. The zero-order valence-corrected chi connectivity index (χ0v) is 11.1. The normalized spacial score (nSPS) is 29.5. The Balaban J connectivity index is 2.56. The van der Waals surface area contributed by atoms with Crippen LogP contribution in [0.3, 0.4) is 0 Å². The summed E-state index contributed by atoms with van der Waals surface area (Å²) in [6, 6.07) is 0.